The van der Waals surface area contributed by atoms with E-state index < -0.39 is 34.3 Å². The number of allylic oxidation sites excluding steroid dienone is 1. The van der Waals surface area contributed by atoms with Crippen LogP contribution in [-0.2, 0) is 19.1 Å². The van der Waals surface area contributed by atoms with Gasteiger partial charge in [0.25, 0.3) is 0 Å². The number of cyclic esters (lactones) is 1. The number of rotatable bonds is 0. The number of hydrogen-bond acceptors (Lipinski definition) is 6. The van der Waals surface area contributed by atoms with Gasteiger partial charge in [-0.25, -0.2) is 9.59 Å². The van der Waals surface area contributed by atoms with Crippen LogP contribution in [0.1, 0.15) is 26.7 Å². The summed E-state index contributed by atoms with van der Waals surface area (Å²) in [7, 11) is 0. The van der Waals surface area contributed by atoms with E-state index in [0.717, 1.165) is 0 Å². The van der Waals surface area contributed by atoms with E-state index in [9.17, 15) is 19.9 Å². The lowest BCUT2D eigenvalue weighted by molar-refractivity contribution is -0.877. The van der Waals surface area contributed by atoms with Crippen molar-refractivity contribution in [2.24, 2.45) is 0 Å². The van der Waals surface area contributed by atoms with Crippen LogP contribution in [0.5, 0.6) is 0 Å². The Kier molecular flexibility index (Phi) is 4.35. The van der Waals surface area contributed by atoms with Crippen LogP contribution in [0.3, 0.4) is 0 Å². The quantitative estimate of drug-likeness (QED) is 0.231. The molecule has 3 aliphatic rings. The van der Waals surface area contributed by atoms with Crippen molar-refractivity contribution < 1.29 is 28.8 Å². The SMILES string of the molecule is C=C1C/C(=C/C)C(=O)O[C@@H]2CC[N@@+]3([O-])CC=C(COC(=O)[C@]1(C)O)[C@H]23. The van der Waals surface area contributed by atoms with Crippen molar-refractivity contribution in [2.45, 2.75) is 44.4 Å². The number of quaternary nitrogens is 1. The first kappa shape index (κ1) is 17.8. The Balaban J connectivity index is 1.96. The molecule has 4 atom stereocenters. The fourth-order valence-corrected chi connectivity index (χ4v) is 3.69. The maximum atomic E-state index is 12.9. The van der Waals surface area contributed by atoms with Gasteiger partial charge in [-0.15, -0.1) is 0 Å². The van der Waals surface area contributed by atoms with Gasteiger partial charge in [-0.05, 0) is 25.5 Å². The third-order valence-corrected chi connectivity index (χ3v) is 5.42. The molecule has 1 N–H and O–H groups in total. The van der Waals surface area contributed by atoms with Gasteiger partial charge >= 0.3 is 11.9 Å². The van der Waals surface area contributed by atoms with Gasteiger partial charge in [0, 0.05) is 24.0 Å². The second kappa shape index (κ2) is 6.09. The van der Waals surface area contributed by atoms with Crippen molar-refractivity contribution in [1.29, 1.82) is 0 Å². The van der Waals surface area contributed by atoms with E-state index >= 15 is 0 Å². The molecular weight excluding hydrogens is 326 g/mol. The number of carbonyl (C=O) groups excluding carboxylic acids is 2. The van der Waals surface area contributed by atoms with E-state index in [2.05, 4.69) is 6.58 Å². The normalized spacial score (nSPS) is 40.7. The molecular formula is C18H23NO6. The highest BCUT2D eigenvalue weighted by atomic mass is 16.6. The minimum Gasteiger partial charge on any atom is -0.632 e. The van der Waals surface area contributed by atoms with Crippen molar-refractivity contribution in [1.82, 2.24) is 0 Å². The van der Waals surface area contributed by atoms with Crippen LogP contribution in [0.2, 0.25) is 0 Å². The molecule has 0 aromatic heterocycles. The molecule has 2 saturated heterocycles. The zero-order valence-electron chi connectivity index (χ0n) is 14.5. The monoisotopic (exact) mass is 349 g/mol. The van der Waals surface area contributed by atoms with E-state index in [-0.39, 0.29) is 30.7 Å². The first-order chi connectivity index (χ1) is 11.7. The van der Waals surface area contributed by atoms with Crippen LogP contribution in [-0.4, -0.2) is 59.1 Å². The molecule has 0 aromatic carbocycles. The van der Waals surface area contributed by atoms with Crippen LogP contribution in [0.15, 0.2) is 35.5 Å². The van der Waals surface area contributed by atoms with E-state index in [0.29, 0.717) is 18.5 Å². The molecule has 0 bridgehead atoms. The highest BCUT2D eigenvalue weighted by Gasteiger charge is 2.51. The summed E-state index contributed by atoms with van der Waals surface area (Å²) in [4.78, 5) is 24.8. The first-order valence-corrected chi connectivity index (χ1v) is 8.40. The summed E-state index contributed by atoms with van der Waals surface area (Å²) in [5.74, 6) is -1.38. The number of ether oxygens (including phenoxy) is 2. The number of hydroxylamine groups is 3. The van der Waals surface area contributed by atoms with Crippen molar-refractivity contribution in [3.8, 4) is 0 Å². The lowest BCUT2D eigenvalue weighted by Crippen LogP contribution is -2.48. The zero-order chi connectivity index (χ0) is 18.4. The average Bonchev–Trinajstić information content (AvgIpc) is 3.05. The minimum atomic E-state index is -1.93. The number of hydrogen-bond donors (Lipinski definition) is 1. The second-order valence-electron chi connectivity index (χ2n) is 7.06. The molecule has 0 saturated carbocycles. The molecule has 0 radical (unpaired) electrons. The molecule has 25 heavy (non-hydrogen) atoms. The van der Waals surface area contributed by atoms with Crippen LogP contribution < -0.4 is 0 Å². The molecule has 3 heterocycles. The summed E-state index contributed by atoms with van der Waals surface area (Å²) in [6, 6.07) is -0.553. The Hall–Kier alpha value is -1.96. The summed E-state index contributed by atoms with van der Waals surface area (Å²) < 4.78 is 10.4. The Bertz CT molecular complexity index is 692. The molecule has 0 aliphatic carbocycles. The fourth-order valence-electron chi connectivity index (χ4n) is 3.69. The summed E-state index contributed by atoms with van der Waals surface area (Å²) >= 11 is 0. The zero-order valence-corrected chi connectivity index (χ0v) is 14.5. The van der Waals surface area contributed by atoms with Gasteiger partial charge in [0.1, 0.15) is 6.61 Å². The second-order valence-corrected chi connectivity index (χ2v) is 7.06. The van der Waals surface area contributed by atoms with E-state index in [4.69, 9.17) is 9.47 Å². The third kappa shape index (κ3) is 2.92. The van der Waals surface area contributed by atoms with Gasteiger partial charge < -0.3 is 24.4 Å². The molecule has 0 amide bonds. The molecule has 7 nitrogen and oxygen atoms in total. The van der Waals surface area contributed by atoms with Gasteiger partial charge in [-0.1, -0.05) is 12.7 Å². The summed E-state index contributed by atoms with van der Waals surface area (Å²) in [5.41, 5.74) is -0.841. The molecule has 3 rings (SSSR count). The first-order valence-electron chi connectivity index (χ1n) is 8.40. The number of aliphatic hydroxyl groups is 1. The van der Waals surface area contributed by atoms with Gasteiger partial charge in [-0.2, -0.15) is 0 Å². The average molecular weight is 349 g/mol. The smallest absolute Gasteiger partial charge is 0.342 e. The highest BCUT2D eigenvalue weighted by molar-refractivity contribution is 5.90. The van der Waals surface area contributed by atoms with Crippen molar-refractivity contribution in [3.63, 3.8) is 0 Å². The largest absolute Gasteiger partial charge is 0.632 e. The van der Waals surface area contributed by atoms with Gasteiger partial charge in [0.15, 0.2) is 17.7 Å². The van der Waals surface area contributed by atoms with Crippen LogP contribution in [0.25, 0.3) is 0 Å². The maximum absolute atomic E-state index is 12.9. The third-order valence-electron chi connectivity index (χ3n) is 5.42. The Morgan fingerprint density at radius 1 is 1.48 bits per heavy atom. The predicted molar refractivity (Wildman–Crippen MR) is 88.8 cm³/mol. The summed E-state index contributed by atoms with van der Waals surface area (Å²) in [6.07, 6.45) is 3.24. The lowest BCUT2D eigenvalue weighted by Gasteiger charge is -2.40. The predicted octanol–water partition coefficient (Wildman–Crippen LogP) is 1.13. The molecule has 136 valence electrons. The topological polar surface area (TPSA) is 95.9 Å². The van der Waals surface area contributed by atoms with E-state index in [1.807, 2.05) is 0 Å². The summed E-state index contributed by atoms with van der Waals surface area (Å²) in [6.45, 7) is 7.22. The number of esters is 2. The summed E-state index contributed by atoms with van der Waals surface area (Å²) in [5, 5.41) is 23.4. The van der Waals surface area contributed by atoms with Crippen LogP contribution in [0, 0.1) is 5.21 Å². The Morgan fingerprint density at radius 2 is 2.20 bits per heavy atom. The van der Waals surface area contributed by atoms with Gasteiger partial charge in [0.05, 0.1) is 13.1 Å². The molecule has 0 spiro atoms. The fraction of sp³-hybridized carbons (Fsp3) is 0.556. The lowest BCUT2D eigenvalue weighted by atomic mass is 9.91. The van der Waals surface area contributed by atoms with E-state index in [1.165, 1.54) is 6.92 Å². The van der Waals surface area contributed by atoms with Crippen molar-refractivity contribution in [3.05, 3.63) is 40.7 Å². The molecule has 7 heteroatoms. The van der Waals surface area contributed by atoms with E-state index in [1.54, 1.807) is 19.1 Å². The number of carbonyl (C=O) groups is 2. The molecule has 0 unspecified atom stereocenters. The van der Waals surface area contributed by atoms with Gasteiger partial charge in [0.2, 0.25) is 0 Å². The standard InChI is InChI=1S/C18H23NO6/c1-4-12-9-11(2)18(3,22)17(21)24-10-13-5-7-19(23)8-6-14(15(13)19)25-16(12)20/h4-5,14-15,22H,2,6-10H2,1,3H3/b12-4-/t14-,15-,18-,19+/m1/s1. The minimum absolute atomic E-state index is 0.00507. The van der Waals surface area contributed by atoms with Gasteiger partial charge in [-0.3, -0.25) is 0 Å². The van der Waals surface area contributed by atoms with Crippen molar-refractivity contribution in [2.75, 3.05) is 19.7 Å². The highest BCUT2D eigenvalue weighted by Crippen LogP contribution is 2.39. The number of nitrogens with zero attached hydrogens (tertiary/aromatic N) is 1. The van der Waals surface area contributed by atoms with Crippen LogP contribution in [0.4, 0.5) is 0 Å². The Labute approximate surface area is 146 Å². The molecule has 0 aromatic rings. The van der Waals surface area contributed by atoms with Crippen molar-refractivity contribution >= 4 is 11.9 Å². The Morgan fingerprint density at radius 3 is 2.88 bits per heavy atom. The maximum Gasteiger partial charge on any atom is 0.342 e. The molecule has 2 fully saturated rings. The molecule has 3 aliphatic heterocycles. The van der Waals surface area contributed by atoms with Crippen LogP contribution >= 0.6 is 0 Å².